The van der Waals surface area contributed by atoms with E-state index in [9.17, 15) is 4.79 Å². The van der Waals surface area contributed by atoms with Crippen molar-refractivity contribution in [2.45, 2.75) is 19.4 Å². The van der Waals surface area contributed by atoms with Gasteiger partial charge in [0.25, 0.3) is 0 Å². The molecular formula is C9H10ClN3OS. The Bertz CT molecular complexity index is 399. The third kappa shape index (κ3) is 2.67. The fraction of sp³-hybridized carbons (Fsp3) is 0.444. The molecule has 1 unspecified atom stereocenters. The van der Waals surface area contributed by atoms with Crippen LogP contribution in [0.5, 0.6) is 0 Å². The minimum absolute atomic E-state index is 0.0525. The Hall–Kier alpha value is -1.12. The Balaban J connectivity index is 2.87. The molecule has 0 aromatic carbocycles. The van der Waals surface area contributed by atoms with Crippen LogP contribution in [0.3, 0.4) is 0 Å². The first-order chi connectivity index (χ1) is 7.10. The van der Waals surface area contributed by atoms with Crippen molar-refractivity contribution >= 4 is 34.4 Å². The molecule has 0 fully saturated rings. The number of rotatable bonds is 4. The number of hydrogen-bond donors (Lipinski definition) is 0. The van der Waals surface area contributed by atoms with Gasteiger partial charge in [-0.1, -0.05) is 22.9 Å². The maximum absolute atomic E-state index is 10.6. The van der Waals surface area contributed by atoms with E-state index in [1.807, 2.05) is 18.9 Å². The van der Waals surface area contributed by atoms with Gasteiger partial charge in [0.2, 0.25) is 0 Å². The molecule has 0 radical (unpaired) electrons. The molecule has 0 amide bonds. The summed E-state index contributed by atoms with van der Waals surface area (Å²) in [7, 11) is 1.83. The standard InChI is InChI=1S/C9H10ClN3OS/c1-6(3-4-11)13(2)9-12-8(10)7(5-14)15-9/h5-6H,3H2,1-2H3. The SMILES string of the molecule is CC(CC#N)N(C)c1nc(Cl)c(C=O)s1. The van der Waals surface area contributed by atoms with Gasteiger partial charge in [-0.05, 0) is 6.92 Å². The van der Waals surface area contributed by atoms with Crippen LogP contribution in [0.1, 0.15) is 23.0 Å². The van der Waals surface area contributed by atoms with E-state index in [1.54, 1.807) is 0 Å². The highest BCUT2D eigenvalue weighted by molar-refractivity contribution is 7.17. The molecule has 0 saturated carbocycles. The number of aldehydes is 1. The van der Waals surface area contributed by atoms with E-state index < -0.39 is 0 Å². The Kier molecular flexibility index (Phi) is 4.06. The minimum atomic E-state index is 0.0525. The lowest BCUT2D eigenvalue weighted by atomic mass is 10.2. The third-order valence-corrected chi connectivity index (χ3v) is 3.53. The molecule has 1 heterocycles. The molecule has 80 valence electrons. The van der Waals surface area contributed by atoms with Gasteiger partial charge < -0.3 is 4.90 Å². The average molecular weight is 244 g/mol. The maximum Gasteiger partial charge on any atom is 0.187 e. The second-order valence-electron chi connectivity index (χ2n) is 3.09. The summed E-state index contributed by atoms with van der Waals surface area (Å²) in [6, 6.07) is 2.14. The van der Waals surface area contributed by atoms with Gasteiger partial charge in [-0.15, -0.1) is 0 Å². The first-order valence-corrected chi connectivity index (χ1v) is 5.51. The van der Waals surface area contributed by atoms with Crippen LogP contribution in [-0.2, 0) is 0 Å². The number of thiazole rings is 1. The predicted molar refractivity (Wildman–Crippen MR) is 60.6 cm³/mol. The molecule has 0 bridgehead atoms. The van der Waals surface area contributed by atoms with Gasteiger partial charge in [0, 0.05) is 13.1 Å². The van der Waals surface area contributed by atoms with Crippen molar-refractivity contribution in [1.29, 1.82) is 5.26 Å². The highest BCUT2D eigenvalue weighted by atomic mass is 35.5. The first kappa shape index (κ1) is 12.0. The van der Waals surface area contributed by atoms with Crippen LogP contribution >= 0.6 is 22.9 Å². The van der Waals surface area contributed by atoms with Crippen molar-refractivity contribution in [2.24, 2.45) is 0 Å². The van der Waals surface area contributed by atoms with Crippen LogP contribution < -0.4 is 4.90 Å². The fourth-order valence-electron chi connectivity index (χ4n) is 0.983. The lowest BCUT2D eigenvalue weighted by molar-refractivity contribution is 0.112. The van der Waals surface area contributed by atoms with Gasteiger partial charge in [0.05, 0.1) is 12.5 Å². The lowest BCUT2D eigenvalue weighted by Gasteiger charge is -2.21. The van der Waals surface area contributed by atoms with E-state index in [2.05, 4.69) is 11.1 Å². The number of halogens is 1. The summed E-state index contributed by atoms with van der Waals surface area (Å²) in [5.74, 6) is 0. The van der Waals surface area contributed by atoms with Crippen molar-refractivity contribution in [2.75, 3.05) is 11.9 Å². The van der Waals surface area contributed by atoms with Crippen LogP contribution in [-0.4, -0.2) is 24.4 Å². The molecule has 0 aliphatic rings. The maximum atomic E-state index is 10.6. The zero-order chi connectivity index (χ0) is 11.4. The molecular weight excluding hydrogens is 234 g/mol. The third-order valence-electron chi connectivity index (χ3n) is 2.05. The Labute approximate surface area is 97.1 Å². The molecule has 0 spiro atoms. The molecule has 1 atom stereocenters. The normalized spacial score (nSPS) is 11.9. The van der Waals surface area contributed by atoms with E-state index in [4.69, 9.17) is 16.9 Å². The Morgan fingerprint density at radius 3 is 2.93 bits per heavy atom. The molecule has 0 aliphatic heterocycles. The van der Waals surface area contributed by atoms with E-state index in [-0.39, 0.29) is 11.2 Å². The van der Waals surface area contributed by atoms with Crippen LogP contribution in [0.25, 0.3) is 0 Å². The smallest absolute Gasteiger partial charge is 0.187 e. The molecule has 15 heavy (non-hydrogen) atoms. The van der Waals surface area contributed by atoms with Crippen molar-refractivity contribution in [3.63, 3.8) is 0 Å². The first-order valence-electron chi connectivity index (χ1n) is 4.31. The van der Waals surface area contributed by atoms with Crippen LogP contribution in [0.2, 0.25) is 5.15 Å². The number of aromatic nitrogens is 1. The summed E-state index contributed by atoms with van der Waals surface area (Å²) in [6.07, 6.45) is 1.09. The molecule has 6 heteroatoms. The number of carbonyl (C=O) groups is 1. The summed E-state index contributed by atoms with van der Waals surface area (Å²) in [5, 5.41) is 9.44. The van der Waals surface area contributed by atoms with E-state index >= 15 is 0 Å². The van der Waals surface area contributed by atoms with Gasteiger partial charge in [-0.3, -0.25) is 4.79 Å². The Morgan fingerprint density at radius 2 is 2.47 bits per heavy atom. The van der Waals surface area contributed by atoms with E-state index in [1.165, 1.54) is 11.3 Å². The highest BCUT2D eigenvalue weighted by Crippen LogP contribution is 2.28. The minimum Gasteiger partial charge on any atom is -0.347 e. The summed E-state index contributed by atoms with van der Waals surface area (Å²) >= 11 is 6.97. The van der Waals surface area contributed by atoms with Gasteiger partial charge in [0.1, 0.15) is 4.88 Å². The topological polar surface area (TPSA) is 57.0 Å². The quantitative estimate of drug-likeness (QED) is 0.762. The van der Waals surface area contributed by atoms with E-state index in [0.29, 0.717) is 22.7 Å². The molecule has 4 nitrogen and oxygen atoms in total. The molecule has 1 rings (SSSR count). The molecule has 1 aromatic rings. The monoisotopic (exact) mass is 243 g/mol. The summed E-state index contributed by atoms with van der Waals surface area (Å²) < 4.78 is 0. The molecule has 0 saturated heterocycles. The van der Waals surface area contributed by atoms with Crippen LogP contribution in [0, 0.1) is 11.3 Å². The van der Waals surface area contributed by atoms with Crippen molar-refractivity contribution in [3.05, 3.63) is 10.0 Å². The zero-order valence-corrected chi connectivity index (χ0v) is 9.97. The summed E-state index contributed by atoms with van der Waals surface area (Å²) in [6.45, 7) is 1.92. The number of carbonyl (C=O) groups excluding carboxylic acids is 1. The molecule has 0 aliphatic carbocycles. The summed E-state index contributed by atoms with van der Waals surface area (Å²) in [5.41, 5.74) is 0. The van der Waals surface area contributed by atoms with Gasteiger partial charge >= 0.3 is 0 Å². The highest BCUT2D eigenvalue weighted by Gasteiger charge is 2.16. The van der Waals surface area contributed by atoms with E-state index in [0.717, 1.165) is 0 Å². The Morgan fingerprint density at radius 1 is 1.80 bits per heavy atom. The number of hydrogen-bond acceptors (Lipinski definition) is 5. The van der Waals surface area contributed by atoms with Crippen LogP contribution in [0.4, 0.5) is 5.13 Å². The van der Waals surface area contributed by atoms with Crippen LogP contribution in [0.15, 0.2) is 0 Å². The van der Waals surface area contributed by atoms with Crippen molar-refractivity contribution < 1.29 is 4.79 Å². The van der Waals surface area contributed by atoms with Gasteiger partial charge in [0.15, 0.2) is 16.6 Å². The molecule has 0 N–H and O–H groups in total. The van der Waals surface area contributed by atoms with Crippen molar-refractivity contribution in [3.8, 4) is 6.07 Å². The zero-order valence-electron chi connectivity index (χ0n) is 8.40. The van der Waals surface area contributed by atoms with Gasteiger partial charge in [-0.2, -0.15) is 5.26 Å². The average Bonchev–Trinajstić information content (AvgIpc) is 2.59. The van der Waals surface area contributed by atoms with Crippen molar-refractivity contribution in [1.82, 2.24) is 4.98 Å². The summed E-state index contributed by atoms with van der Waals surface area (Å²) in [4.78, 5) is 16.9. The second kappa shape index (κ2) is 5.10. The number of anilines is 1. The van der Waals surface area contributed by atoms with Gasteiger partial charge in [-0.25, -0.2) is 4.98 Å². The predicted octanol–water partition coefficient (Wildman–Crippen LogP) is 2.35. The second-order valence-corrected chi connectivity index (χ2v) is 4.46. The fourth-order valence-corrected chi connectivity index (χ4v) is 2.11. The lowest BCUT2D eigenvalue weighted by Crippen LogP contribution is -2.28. The largest absolute Gasteiger partial charge is 0.347 e. The number of nitriles is 1. The molecule has 1 aromatic heterocycles. The number of nitrogens with zero attached hydrogens (tertiary/aromatic N) is 3.